The van der Waals surface area contributed by atoms with Crippen molar-refractivity contribution in [3.8, 4) is 0 Å². The van der Waals surface area contributed by atoms with E-state index in [1.165, 1.54) is 23.5 Å². The number of amides is 5. The zero-order valence-electron chi connectivity index (χ0n) is 25.3. The van der Waals surface area contributed by atoms with Crippen LogP contribution in [0.4, 0.5) is 0 Å². The topological polar surface area (TPSA) is 261 Å². The van der Waals surface area contributed by atoms with Gasteiger partial charge in [0.1, 0.15) is 24.2 Å². The van der Waals surface area contributed by atoms with Gasteiger partial charge < -0.3 is 46.9 Å². The molecule has 19 heteroatoms. The minimum absolute atomic E-state index is 0.104. The van der Waals surface area contributed by atoms with Crippen LogP contribution in [0.5, 0.6) is 0 Å². The first-order valence-electron chi connectivity index (χ1n) is 13.2. The van der Waals surface area contributed by atoms with Crippen LogP contribution in [0.1, 0.15) is 12.8 Å². The van der Waals surface area contributed by atoms with Crippen molar-refractivity contribution in [1.82, 2.24) is 26.6 Å². The number of carbonyl (C=O) groups excluding carboxylic acids is 7. The third kappa shape index (κ3) is 18.3. The molecular formula is C26H40N6O11S2. The molecule has 0 aromatic carbocycles. The molecule has 0 heterocycles. The fourth-order valence-corrected chi connectivity index (χ4v) is 4.02. The molecule has 0 saturated carbocycles. The van der Waals surface area contributed by atoms with Gasteiger partial charge in [-0.1, -0.05) is 0 Å². The lowest BCUT2D eigenvalue weighted by molar-refractivity contribution is -0.142. The van der Waals surface area contributed by atoms with Gasteiger partial charge in [0.2, 0.25) is 29.5 Å². The third-order valence-electron chi connectivity index (χ3n) is 5.56. The molecule has 0 aliphatic heterocycles. The summed E-state index contributed by atoms with van der Waals surface area (Å²) in [5, 5.41) is 21.4. The van der Waals surface area contributed by atoms with Gasteiger partial charge >= 0.3 is 17.9 Å². The van der Waals surface area contributed by atoms with Crippen LogP contribution in [0.15, 0.2) is 24.3 Å². The van der Waals surface area contributed by atoms with Gasteiger partial charge in [0.25, 0.3) is 0 Å². The summed E-state index contributed by atoms with van der Waals surface area (Å²) in [7, 11) is 2.25. The van der Waals surface area contributed by atoms with Gasteiger partial charge in [-0.25, -0.2) is 14.4 Å². The summed E-state index contributed by atoms with van der Waals surface area (Å²) in [5.74, 6) is -6.06. The third-order valence-corrected chi connectivity index (χ3v) is 6.85. The highest BCUT2D eigenvalue weighted by Crippen LogP contribution is 2.06. The van der Waals surface area contributed by atoms with E-state index in [9.17, 15) is 43.5 Å². The number of methoxy groups -OCH3 is 2. The number of nitrogens with two attached hydrogens (primary N) is 1. The average Bonchev–Trinajstić information content (AvgIpc) is 3.02. The molecule has 17 nitrogen and oxygen atoms in total. The summed E-state index contributed by atoms with van der Waals surface area (Å²) < 4.78 is 8.74. The Bertz CT molecular complexity index is 1120. The zero-order chi connectivity index (χ0) is 34.4. The number of carboxylic acid groups (broad SMARTS) is 1. The second-order valence-corrected chi connectivity index (χ2v) is 10.9. The van der Waals surface area contributed by atoms with E-state index in [2.05, 4.69) is 36.1 Å². The second kappa shape index (κ2) is 23.3. The maximum absolute atomic E-state index is 13.2. The quantitative estimate of drug-likeness (QED) is 0.0474. The predicted molar refractivity (Wildman–Crippen MR) is 166 cm³/mol. The Morgan fingerprint density at radius 3 is 1.47 bits per heavy atom. The number of esters is 2. The van der Waals surface area contributed by atoms with Gasteiger partial charge in [0, 0.05) is 37.4 Å². The molecule has 0 spiro atoms. The molecule has 45 heavy (non-hydrogen) atoms. The maximum Gasteiger partial charge on any atom is 0.330 e. The molecule has 0 aliphatic rings. The van der Waals surface area contributed by atoms with E-state index in [0.717, 1.165) is 38.5 Å². The standard InChI is InChI=1S/C26H40N6O11S2/c1-42-21(35)7-5-19(33)28-13-15(27)23(37)30-16(9-11-44-3)24(38)31-17(10-12-45-4)25(39)32-18(26(40)41)14-29-20(34)6-8-22(36)43-2/h5-8,15-18H,9-14,27H2,1-4H3,(H,28,33)(H,29,34)(H,30,37)(H,31,38)(H,32,39)(H,40,41)/b7-5+,8-6+. The van der Waals surface area contributed by atoms with Crippen LogP contribution in [-0.4, -0.2) is 128 Å². The van der Waals surface area contributed by atoms with E-state index < -0.39 is 78.2 Å². The van der Waals surface area contributed by atoms with Crippen LogP contribution >= 0.6 is 23.5 Å². The highest BCUT2D eigenvalue weighted by atomic mass is 32.2. The van der Waals surface area contributed by atoms with Crippen molar-refractivity contribution < 1.29 is 52.9 Å². The first-order chi connectivity index (χ1) is 21.3. The number of hydrogen-bond donors (Lipinski definition) is 7. The average molecular weight is 677 g/mol. The molecule has 8 N–H and O–H groups in total. The largest absolute Gasteiger partial charge is 0.480 e. The Kier molecular flexibility index (Phi) is 21.2. The molecule has 0 aromatic heterocycles. The normalized spacial score (nSPS) is 13.5. The monoisotopic (exact) mass is 676 g/mol. The van der Waals surface area contributed by atoms with E-state index in [1.54, 1.807) is 12.5 Å². The molecular weight excluding hydrogens is 636 g/mol. The summed E-state index contributed by atoms with van der Waals surface area (Å²) in [6.45, 7) is -0.856. The predicted octanol–water partition coefficient (Wildman–Crippen LogP) is -2.95. The second-order valence-electron chi connectivity index (χ2n) is 8.89. The highest BCUT2D eigenvalue weighted by Gasteiger charge is 2.30. The highest BCUT2D eigenvalue weighted by molar-refractivity contribution is 7.98. The van der Waals surface area contributed by atoms with Gasteiger partial charge in [-0.05, 0) is 36.9 Å². The number of rotatable bonds is 21. The number of ether oxygens (including phenoxy) is 2. The van der Waals surface area contributed by atoms with Gasteiger partial charge in [0.05, 0.1) is 14.2 Å². The number of carbonyl (C=O) groups is 8. The number of nitrogens with one attached hydrogen (secondary N) is 5. The molecule has 252 valence electrons. The molecule has 0 fully saturated rings. The Labute approximate surface area is 268 Å². The van der Waals surface area contributed by atoms with Crippen molar-refractivity contribution in [3.05, 3.63) is 24.3 Å². The summed E-state index contributed by atoms with van der Waals surface area (Å²) in [4.78, 5) is 96.6. The molecule has 0 aromatic rings. The molecule has 0 aliphatic carbocycles. The van der Waals surface area contributed by atoms with Gasteiger partial charge in [-0.3, -0.25) is 24.0 Å². The van der Waals surface area contributed by atoms with Gasteiger partial charge in [-0.15, -0.1) is 0 Å². The molecule has 0 radical (unpaired) electrons. The smallest absolute Gasteiger partial charge is 0.330 e. The Hall–Kier alpha value is -4.10. The summed E-state index contributed by atoms with van der Waals surface area (Å²) >= 11 is 2.76. The van der Waals surface area contributed by atoms with Gasteiger partial charge in [0.15, 0.2) is 0 Å². The minimum Gasteiger partial charge on any atom is -0.480 e. The van der Waals surface area contributed by atoms with E-state index in [-0.39, 0.29) is 19.4 Å². The van der Waals surface area contributed by atoms with Gasteiger partial charge in [-0.2, -0.15) is 23.5 Å². The number of aliphatic carboxylic acids is 1. The van der Waals surface area contributed by atoms with Crippen molar-refractivity contribution in [2.75, 3.05) is 51.3 Å². The SMILES string of the molecule is COC(=O)/C=C/C(=O)NCC(N)C(=O)NC(CCSC)C(=O)NC(CCSC)C(=O)NC(CNC(=O)/C=C/C(=O)OC)C(=O)O. The summed E-state index contributed by atoms with van der Waals surface area (Å²) in [6.07, 6.45) is 7.25. The Morgan fingerprint density at radius 2 is 1.07 bits per heavy atom. The Morgan fingerprint density at radius 1 is 0.667 bits per heavy atom. The Balaban J connectivity index is 5.48. The number of carboxylic acids is 1. The zero-order valence-corrected chi connectivity index (χ0v) is 26.9. The maximum atomic E-state index is 13.2. The lowest BCUT2D eigenvalue weighted by Crippen LogP contribution is -2.59. The van der Waals surface area contributed by atoms with Crippen LogP contribution in [0.3, 0.4) is 0 Å². The van der Waals surface area contributed by atoms with Crippen LogP contribution in [0.2, 0.25) is 0 Å². The van der Waals surface area contributed by atoms with Crippen molar-refractivity contribution in [2.24, 2.45) is 5.73 Å². The van der Waals surface area contributed by atoms with Crippen molar-refractivity contribution in [3.63, 3.8) is 0 Å². The van der Waals surface area contributed by atoms with Crippen molar-refractivity contribution in [1.29, 1.82) is 0 Å². The first-order valence-corrected chi connectivity index (χ1v) is 16.0. The van der Waals surface area contributed by atoms with E-state index >= 15 is 0 Å². The first kappa shape index (κ1) is 40.9. The van der Waals surface area contributed by atoms with Crippen molar-refractivity contribution in [2.45, 2.75) is 37.0 Å². The summed E-state index contributed by atoms with van der Waals surface area (Å²) in [6, 6.07) is -5.18. The van der Waals surface area contributed by atoms with Crippen LogP contribution in [0.25, 0.3) is 0 Å². The van der Waals surface area contributed by atoms with Crippen LogP contribution in [-0.2, 0) is 47.8 Å². The summed E-state index contributed by atoms with van der Waals surface area (Å²) in [5.41, 5.74) is 5.85. The lowest BCUT2D eigenvalue weighted by Gasteiger charge is -2.25. The van der Waals surface area contributed by atoms with E-state index in [4.69, 9.17) is 5.73 Å². The molecule has 0 rings (SSSR count). The lowest BCUT2D eigenvalue weighted by atomic mass is 10.1. The molecule has 0 bridgehead atoms. The van der Waals surface area contributed by atoms with Crippen molar-refractivity contribution >= 4 is 71.0 Å². The molecule has 4 atom stereocenters. The van der Waals surface area contributed by atoms with Crippen LogP contribution < -0.4 is 32.3 Å². The fraction of sp³-hybridized carbons (Fsp3) is 0.538. The molecule has 4 unspecified atom stereocenters. The number of hydrogen-bond acceptors (Lipinski definition) is 13. The van der Waals surface area contributed by atoms with E-state index in [1.807, 2.05) is 0 Å². The van der Waals surface area contributed by atoms with E-state index in [0.29, 0.717) is 11.5 Å². The molecule has 0 saturated heterocycles. The number of thioether (sulfide) groups is 2. The minimum atomic E-state index is -1.58. The van der Waals surface area contributed by atoms with Crippen LogP contribution in [0, 0.1) is 0 Å². The molecule has 5 amide bonds. The fourth-order valence-electron chi connectivity index (χ4n) is 3.08.